The van der Waals surface area contributed by atoms with Gasteiger partial charge in [0.2, 0.25) is 0 Å². The van der Waals surface area contributed by atoms with Crippen LogP contribution in [0, 0.1) is 13.8 Å². The van der Waals surface area contributed by atoms with Crippen molar-refractivity contribution in [3.63, 3.8) is 0 Å². The Morgan fingerprint density at radius 2 is 1.52 bits per heavy atom. The fourth-order valence-electron chi connectivity index (χ4n) is 5.29. The first-order chi connectivity index (χ1) is 15.9. The molecule has 2 fully saturated rings. The second kappa shape index (κ2) is 10.00. The van der Waals surface area contributed by atoms with E-state index in [2.05, 4.69) is 29.4 Å². The summed E-state index contributed by atoms with van der Waals surface area (Å²) in [6.07, 6.45) is 4.96. The first kappa shape index (κ1) is 23.4. The Kier molecular flexibility index (Phi) is 7.08. The molecule has 4 rings (SSSR count). The third kappa shape index (κ3) is 4.93. The van der Waals surface area contributed by atoms with Crippen LogP contribution in [0.4, 0.5) is 0 Å². The number of hydrogen-bond donors (Lipinski definition) is 0. The molecule has 0 atom stereocenters. The number of piperazine rings is 1. The highest BCUT2D eigenvalue weighted by molar-refractivity contribution is 5.99. The quantitative estimate of drug-likeness (QED) is 0.596. The van der Waals surface area contributed by atoms with Crippen LogP contribution in [0.2, 0.25) is 0 Å². The van der Waals surface area contributed by atoms with E-state index in [0.29, 0.717) is 55.8 Å². The van der Waals surface area contributed by atoms with Crippen LogP contribution < -0.4 is 9.47 Å². The van der Waals surface area contributed by atoms with Gasteiger partial charge in [0, 0.05) is 60.8 Å². The van der Waals surface area contributed by atoms with E-state index in [-0.39, 0.29) is 11.7 Å². The van der Waals surface area contributed by atoms with Gasteiger partial charge < -0.3 is 18.9 Å². The lowest BCUT2D eigenvalue weighted by molar-refractivity contribution is 0.0623. The number of nitrogens with zero attached hydrogens (tertiary/aromatic N) is 3. The molecule has 33 heavy (non-hydrogen) atoms. The topological polar surface area (TPSA) is 64.0 Å². The van der Waals surface area contributed by atoms with Gasteiger partial charge in [0.25, 0.3) is 5.91 Å². The molecule has 7 nitrogen and oxygen atoms in total. The highest BCUT2D eigenvalue weighted by Gasteiger charge is 2.27. The molecule has 0 bridgehead atoms. The normalized spacial score (nSPS) is 17.4. The Balaban J connectivity index is 1.36. The zero-order valence-electron chi connectivity index (χ0n) is 20.2. The number of aryl methyl sites for hydroxylation is 1. The maximum atomic E-state index is 13.1. The summed E-state index contributed by atoms with van der Waals surface area (Å²) in [5.74, 6) is 1.32. The third-order valence-electron chi connectivity index (χ3n) is 7.10. The minimum atomic E-state index is -0.0433. The Labute approximate surface area is 196 Å². The van der Waals surface area contributed by atoms with Crippen molar-refractivity contribution in [2.45, 2.75) is 45.6 Å². The molecule has 1 aliphatic carbocycles. The maximum Gasteiger partial charge on any atom is 0.254 e. The fourth-order valence-corrected chi connectivity index (χ4v) is 5.29. The summed E-state index contributed by atoms with van der Waals surface area (Å²) in [5, 5.41) is 0. The number of aromatic nitrogens is 1. The van der Waals surface area contributed by atoms with E-state index >= 15 is 0 Å². The summed E-state index contributed by atoms with van der Waals surface area (Å²) in [7, 11) is 3.15. The predicted molar refractivity (Wildman–Crippen MR) is 128 cm³/mol. The molecule has 2 heterocycles. The second-order valence-corrected chi connectivity index (χ2v) is 9.19. The van der Waals surface area contributed by atoms with Crippen LogP contribution in [0.25, 0.3) is 0 Å². The maximum absolute atomic E-state index is 13.1. The molecule has 0 spiro atoms. The van der Waals surface area contributed by atoms with Crippen LogP contribution in [0.5, 0.6) is 11.5 Å². The number of rotatable bonds is 7. The molecular weight excluding hydrogens is 418 g/mol. The second-order valence-electron chi connectivity index (χ2n) is 9.19. The van der Waals surface area contributed by atoms with Crippen molar-refractivity contribution in [2.75, 3.05) is 46.9 Å². The number of carbonyl (C=O) groups excluding carboxylic acids is 2. The number of amides is 1. The molecule has 1 saturated carbocycles. The van der Waals surface area contributed by atoms with E-state index in [4.69, 9.17) is 9.47 Å². The van der Waals surface area contributed by atoms with Gasteiger partial charge in [-0.15, -0.1) is 0 Å². The highest BCUT2D eigenvalue weighted by Crippen LogP contribution is 2.33. The van der Waals surface area contributed by atoms with E-state index in [0.717, 1.165) is 11.3 Å². The standard InChI is InChI=1S/C26H35N3O4/c1-18-13-24(19(2)29(18)21-7-5-6-8-21)25(30)17-27-9-11-28(12-10-27)26(31)20-14-22(32-3)16-23(15-20)33-4/h13-16,21H,5-12,17H2,1-4H3. The molecule has 1 aromatic heterocycles. The van der Waals surface area contributed by atoms with Gasteiger partial charge >= 0.3 is 0 Å². The summed E-state index contributed by atoms with van der Waals surface area (Å²) < 4.78 is 13.0. The molecule has 0 unspecified atom stereocenters. The number of ketones is 1. The van der Waals surface area contributed by atoms with E-state index in [1.54, 1.807) is 32.4 Å². The van der Waals surface area contributed by atoms with Gasteiger partial charge in [-0.1, -0.05) is 12.8 Å². The van der Waals surface area contributed by atoms with Crippen LogP contribution in [0.15, 0.2) is 24.3 Å². The van der Waals surface area contributed by atoms with Gasteiger partial charge in [-0.25, -0.2) is 0 Å². The number of ether oxygens (including phenoxy) is 2. The smallest absolute Gasteiger partial charge is 0.254 e. The SMILES string of the molecule is COc1cc(OC)cc(C(=O)N2CCN(CC(=O)c3cc(C)n(C4CCCC4)c3C)CC2)c1. The van der Waals surface area contributed by atoms with Gasteiger partial charge in [-0.05, 0) is 44.9 Å². The van der Waals surface area contributed by atoms with Gasteiger partial charge in [-0.3, -0.25) is 14.5 Å². The van der Waals surface area contributed by atoms with Gasteiger partial charge in [-0.2, -0.15) is 0 Å². The molecular formula is C26H35N3O4. The predicted octanol–water partition coefficient (Wildman–Crippen LogP) is 3.88. The lowest BCUT2D eigenvalue weighted by Gasteiger charge is -2.34. The van der Waals surface area contributed by atoms with Crippen molar-refractivity contribution in [2.24, 2.45) is 0 Å². The third-order valence-corrected chi connectivity index (χ3v) is 7.10. The Morgan fingerprint density at radius 1 is 0.909 bits per heavy atom. The highest BCUT2D eigenvalue weighted by atomic mass is 16.5. The molecule has 0 radical (unpaired) electrons. The molecule has 2 aromatic rings. The summed E-state index contributed by atoms with van der Waals surface area (Å²) in [4.78, 5) is 30.1. The minimum Gasteiger partial charge on any atom is -0.497 e. The van der Waals surface area contributed by atoms with E-state index in [1.165, 1.54) is 31.4 Å². The molecule has 1 saturated heterocycles. The molecule has 0 N–H and O–H groups in total. The first-order valence-corrected chi connectivity index (χ1v) is 11.9. The van der Waals surface area contributed by atoms with Gasteiger partial charge in [0.05, 0.1) is 20.8 Å². The zero-order valence-corrected chi connectivity index (χ0v) is 20.2. The molecule has 2 aliphatic rings. The van der Waals surface area contributed by atoms with Crippen LogP contribution in [0.3, 0.4) is 0 Å². The monoisotopic (exact) mass is 453 g/mol. The van der Waals surface area contributed by atoms with Crippen molar-refractivity contribution in [1.29, 1.82) is 0 Å². The van der Waals surface area contributed by atoms with Crippen LogP contribution in [0.1, 0.15) is 63.8 Å². The number of methoxy groups -OCH3 is 2. The number of hydrogen-bond acceptors (Lipinski definition) is 5. The Hall–Kier alpha value is -2.80. The molecule has 7 heteroatoms. The van der Waals surface area contributed by atoms with E-state index < -0.39 is 0 Å². The van der Waals surface area contributed by atoms with Crippen LogP contribution in [-0.2, 0) is 0 Å². The van der Waals surface area contributed by atoms with Crippen LogP contribution in [-0.4, -0.2) is 73.0 Å². The lowest BCUT2D eigenvalue weighted by atomic mass is 10.1. The summed E-state index contributed by atoms with van der Waals surface area (Å²) in [6.45, 7) is 7.13. The fraction of sp³-hybridized carbons (Fsp3) is 0.538. The summed E-state index contributed by atoms with van der Waals surface area (Å²) >= 11 is 0. The van der Waals surface area contributed by atoms with Gasteiger partial charge in [0.1, 0.15) is 11.5 Å². The van der Waals surface area contributed by atoms with Gasteiger partial charge in [0.15, 0.2) is 5.78 Å². The van der Waals surface area contributed by atoms with Crippen molar-refractivity contribution in [3.05, 3.63) is 46.8 Å². The minimum absolute atomic E-state index is 0.0433. The summed E-state index contributed by atoms with van der Waals surface area (Å²) in [5.41, 5.74) is 3.69. The first-order valence-electron chi connectivity index (χ1n) is 11.9. The lowest BCUT2D eigenvalue weighted by Crippen LogP contribution is -2.49. The van der Waals surface area contributed by atoms with E-state index in [1.807, 2.05) is 4.90 Å². The Morgan fingerprint density at radius 3 is 2.09 bits per heavy atom. The van der Waals surface area contributed by atoms with E-state index in [9.17, 15) is 9.59 Å². The largest absolute Gasteiger partial charge is 0.497 e. The number of benzene rings is 1. The average Bonchev–Trinajstić information content (AvgIpc) is 3.46. The molecule has 1 aliphatic heterocycles. The number of carbonyl (C=O) groups is 2. The van der Waals surface area contributed by atoms with Crippen LogP contribution >= 0.6 is 0 Å². The van der Waals surface area contributed by atoms with Crippen molar-refractivity contribution >= 4 is 11.7 Å². The molecule has 178 valence electrons. The van der Waals surface area contributed by atoms with Crippen molar-refractivity contribution < 1.29 is 19.1 Å². The average molecular weight is 454 g/mol. The Bertz CT molecular complexity index is 993. The summed E-state index contributed by atoms with van der Waals surface area (Å²) in [6, 6.07) is 7.83. The van der Waals surface area contributed by atoms with Crippen molar-refractivity contribution in [3.8, 4) is 11.5 Å². The van der Waals surface area contributed by atoms with Crippen molar-refractivity contribution in [1.82, 2.24) is 14.4 Å². The molecule has 1 amide bonds. The zero-order chi connectivity index (χ0) is 23.5. The number of Topliss-reactive ketones (excluding diaryl/α,β-unsaturated/α-hetero) is 1. The molecule has 1 aromatic carbocycles.